The summed E-state index contributed by atoms with van der Waals surface area (Å²) in [5.41, 5.74) is -3.06. The van der Waals surface area contributed by atoms with Crippen molar-refractivity contribution >= 4 is 32.6 Å². The van der Waals surface area contributed by atoms with Crippen molar-refractivity contribution < 1.29 is 52.5 Å². The SMILES string of the molecule is COc1cc(C(F)(F)F)c(Cl)cc1-c1c(S(=O)(=O)Oc2c(F)c(F)c(F)c(F)c2F)ccc2[nH]c(=O)ccc12. The normalized spacial score (nSPS) is 12.2. The zero-order valence-corrected chi connectivity index (χ0v) is 20.4. The summed E-state index contributed by atoms with van der Waals surface area (Å²) in [5.74, 6) is -15.5. The van der Waals surface area contributed by atoms with Gasteiger partial charge in [0.25, 0.3) is 0 Å². The third-order valence-corrected chi connectivity index (χ3v) is 6.94. The van der Waals surface area contributed by atoms with Gasteiger partial charge in [0.05, 0.1) is 17.7 Å². The quantitative estimate of drug-likeness (QED) is 0.125. The van der Waals surface area contributed by atoms with Gasteiger partial charge in [-0.1, -0.05) is 11.6 Å². The monoisotopic (exact) mass is 599 g/mol. The van der Waals surface area contributed by atoms with Crippen LogP contribution in [0.5, 0.6) is 11.5 Å². The fraction of sp³-hybridized carbons (Fsp3) is 0.0870. The molecule has 0 aliphatic carbocycles. The number of rotatable bonds is 5. The zero-order chi connectivity index (χ0) is 29.0. The molecule has 6 nitrogen and oxygen atoms in total. The van der Waals surface area contributed by atoms with Crippen LogP contribution in [0.2, 0.25) is 5.02 Å². The van der Waals surface area contributed by atoms with E-state index < -0.39 is 89.0 Å². The molecule has 206 valence electrons. The molecule has 0 bridgehead atoms. The Hall–Kier alpha value is -3.85. The molecule has 4 aromatic rings. The molecule has 1 heterocycles. The first-order chi connectivity index (χ1) is 18.1. The molecule has 0 atom stereocenters. The van der Waals surface area contributed by atoms with E-state index in [1.165, 1.54) is 0 Å². The Bertz CT molecular complexity index is 1790. The summed E-state index contributed by atoms with van der Waals surface area (Å²) >= 11 is 5.82. The zero-order valence-electron chi connectivity index (χ0n) is 18.8. The molecule has 1 N–H and O–H groups in total. The van der Waals surface area contributed by atoms with Crippen LogP contribution >= 0.6 is 11.6 Å². The van der Waals surface area contributed by atoms with Gasteiger partial charge in [0.15, 0.2) is 0 Å². The largest absolute Gasteiger partial charge is 0.496 e. The molecule has 0 aliphatic rings. The molecular weight excluding hydrogens is 590 g/mol. The summed E-state index contributed by atoms with van der Waals surface area (Å²) in [7, 11) is -4.57. The van der Waals surface area contributed by atoms with Crippen molar-refractivity contribution in [3.8, 4) is 22.6 Å². The fourth-order valence-electron chi connectivity index (χ4n) is 3.65. The Kier molecular flexibility index (Phi) is 7.02. The van der Waals surface area contributed by atoms with Crippen LogP contribution in [0.4, 0.5) is 35.1 Å². The Morgan fingerprint density at radius 1 is 0.872 bits per heavy atom. The van der Waals surface area contributed by atoms with Crippen LogP contribution in [-0.4, -0.2) is 20.5 Å². The van der Waals surface area contributed by atoms with Gasteiger partial charge >= 0.3 is 16.3 Å². The minimum absolute atomic E-state index is 0.0641. The van der Waals surface area contributed by atoms with E-state index in [2.05, 4.69) is 9.17 Å². The topological polar surface area (TPSA) is 85.5 Å². The van der Waals surface area contributed by atoms with Gasteiger partial charge in [0, 0.05) is 28.1 Å². The highest BCUT2D eigenvalue weighted by Crippen LogP contribution is 2.45. The molecule has 0 spiro atoms. The second-order valence-electron chi connectivity index (χ2n) is 7.69. The van der Waals surface area contributed by atoms with Crippen LogP contribution in [-0.2, 0) is 16.3 Å². The number of alkyl halides is 3. The fourth-order valence-corrected chi connectivity index (χ4v) is 5.08. The second kappa shape index (κ2) is 9.72. The molecule has 0 radical (unpaired) electrons. The average molecular weight is 600 g/mol. The molecular formula is C23H10ClF8NO5S. The Labute approximate surface area is 217 Å². The predicted molar refractivity (Wildman–Crippen MR) is 121 cm³/mol. The molecule has 0 fully saturated rings. The number of nitrogens with one attached hydrogen (secondary N) is 1. The number of halogens is 9. The van der Waals surface area contributed by atoms with Gasteiger partial charge in [-0.25, -0.2) is 13.2 Å². The third kappa shape index (κ3) is 4.87. The maximum absolute atomic E-state index is 14.2. The number of methoxy groups -OCH3 is 1. The van der Waals surface area contributed by atoms with E-state index >= 15 is 0 Å². The first kappa shape index (κ1) is 28.2. The maximum Gasteiger partial charge on any atom is 0.417 e. The van der Waals surface area contributed by atoms with E-state index in [1.807, 2.05) is 0 Å². The van der Waals surface area contributed by atoms with Crippen molar-refractivity contribution in [1.29, 1.82) is 0 Å². The molecule has 4 rings (SSSR count). The highest BCUT2D eigenvalue weighted by Gasteiger charge is 2.36. The van der Waals surface area contributed by atoms with Crippen LogP contribution in [0.3, 0.4) is 0 Å². The lowest BCUT2D eigenvalue weighted by atomic mass is 9.98. The van der Waals surface area contributed by atoms with Crippen molar-refractivity contribution in [2.75, 3.05) is 7.11 Å². The third-order valence-electron chi connectivity index (χ3n) is 5.36. The standard InChI is InChI=1S/C23H10ClF8NO5S/c1-37-13-7-10(23(30,31)32)11(24)6-9(13)16-8-2-5-15(34)33-12(8)3-4-14(16)39(35,36)38-22-20(28)18(26)17(25)19(27)21(22)29/h2-7H,1H3,(H,33,34). The van der Waals surface area contributed by atoms with Crippen molar-refractivity contribution in [2.24, 2.45) is 0 Å². The first-order valence-corrected chi connectivity index (χ1v) is 11.9. The minimum atomic E-state index is -5.51. The molecule has 1 aromatic heterocycles. The molecule has 39 heavy (non-hydrogen) atoms. The van der Waals surface area contributed by atoms with Crippen LogP contribution in [0.15, 0.2) is 46.1 Å². The van der Waals surface area contributed by atoms with E-state index in [0.29, 0.717) is 12.1 Å². The molecule has 0 amide bonds. The lowest BCUT2D eigenvalue weighted by molar-refractivity contribution is -0.137. The number of pyridine rings is 1. The van der Waals surface area contributed by atoms with E-state index in [0.717, 1.165) is 31.4 Å². The number of fused-ring (bicyclic) bond motifs is 1. The Balaban J connectivity index is 2.07. The highest BCUT2D eigenvalue weighted by molar-refractivity contribution is 7.87. The second-order valence-corrected chi connectivity index (χ2v) is 9.61. The van der Waals surface area contributed by atoms with E-state index in [9.17, 15) is 48.3 Å². The van der Waals surface area contributed by atoms with Crippen molar-refractivity contribution in [2.45, 2.75) is 11.1 Å². The number of aromatic amines is 1. The van der Waals surface area contributed by atoms with Crippen molar-refractivity contribution in [3.05, 3.63) is 86.4 Å². The summed E-state index contributed by atoms with van der Waals surface area (Å²) in [6, 6.07) is 4.83. The smallest absolute Gasteiger partial charge is 0.417 e. The van der Waals surface area contributed by atoms with Crippen LogP contribution in [0, 0.1) is 29.1 Å². The van der Waals surface area contributed by atoms with Crippen LogP contribution in [0.1, 0.15) is 5.56 Å². The molecule has 0 saturated carbocycles. The lowest BCUT2D eigenvalue weighted by Gasteiger charge is -2.19. The summed E-state index contributed by atoms with van der Waals surface area (Å²) in [5, 5.41) is -1.07. The number of H-pyrrole nitrogens is 1. The van der Waals surface area contributed by atoms with Gasteiger partial charge in [-0.3, -0.25) is 4.79 Å². The molecule has 3 aromatic carbocycles. The summed E-state index contributed by atoms with van der Waals surface area (Å²) in [4.78, 5) is 13.1. The summed E-state index contributed by atoms with van der Waals surface area (Å²) in [6.45, 7) is 0. The molecule has 0 unspecified atom stereocenters. The average Bonchev–Trinajstić information content (AvgIpc) is 2.87. The van der Waals surface area contributed by atoms with Gasteiger partial charge in [0.2, 0.25) is 40.4 Å². The summed E-state index contributed by atoms with van der Waals surface area (Å²) < 4.78 is 145. The molecule has 0 saturated heterocycles. The van der Waals surface area contributed by atoms with E-state index in [4.69, 9.17) is 16.3 Å². The van der Waals surface area contributed by atoms with Crippen molar-refractivity contribution in [3.63, 3.8) is 0 Å². The highest BCUT2D eigenvalue weighted by atomic mass is 35.5. The van der Waals surface area contributed by atoms with E-state index in [-0.39, 0.29) is 10.9 Å². The summed E-state index contributed by atoms with van der Waals surface area (Å²) in [6.07, 6.45) is -4.96. The predicted octanol–water partition coefficient (Wildman–Crippen LogP) is 6.34. The number of aromatic nitrogens is 1. The minimum Gasteiger partial charge on any atom is -0.496 e. The van der Waals surface area contributed by atoms with Gasteiger partial charge in [-0.15, -0.1) is 0 Å². The number of hydrogen-bond donors (Lipinski definition) is 1. The van der Waals surface area contributed by atoms with Gasteiger partial charge in [0.1, 0.15) is 10.6 Å². The Morgan fingerprint density at radius 2 is 1.46 bits per heavy atom. The van der Waals surface area contributed by atoms with E-state index in [1.54, 1.807) is 0 Å². The van der Waals surface area contributed by atoms with Crippen molar-refractivity contribution in [1.82, 2.24) is 4.98 Å². The lowest BCUT2D eigenvalue weighted by Crippen LogP contribution is -2.16. The first-order valence-electron chi connectivity index (χ1n) is 10.2. The van der Waals surface area contributed by atoms with Crippen LogP contribution in [0.25, 0.3) is 22.0 Å². The molecule has 16 heteroatoms. The maximum atomic E-state index is 14.2. The Morgan fingerprint density at radius 3 is 2.03 bits per heavy atom. The molecule has 0 aliphatic heterocycles. The van der Waals surface area contributed by atoms with Gasteiger partial charge in [-0.2, -0.15) is 30.4 Å². The number of benzene rings is 3. The number of hydrogen-bond acceptors (Lipinski definition) is 5. The number of ether oxygens (including phenoxy) is 1. The van der Waals surface area contributed by atoms with Gasteiger partial charge in [-0.05, 0) is 30.3 Å². The van der Waals surface area contributed by atoms with Crippen LogP contribution < -0.4 is 14.5 Å². The van der Waals surface area contributed by atoms with Gasteiger partial charge < -0.3 is 13.9 Å².